The summed E-state index contributed by atoms with van der Waals surface area (Å²) in [4.78, 5) is 2.29. The maximum atomic E-state index is 10.2. The van der Waals surface area contributed by atoms with Gasteiger partial charge in [-0.3, -0.25) is 0 Å². The molecular weight excluding hydrogens is 343 g/mol. The van der Waals surface area contributed by atoms with E-state index in [9.17, 15) is 5.11 Å². The smallest absolute Gasteiger partial charge is 0.0929 e. The summed E-state index contributed by atoms with van der Waals surface area (Å²) in [6.45, 7) is 3.24. The molecule has 0 amide bonds. The van der Waals surface area contributed by atoms with E-state index in [0.29, 0.717) is 22.2 Å². The lowest BCUT2D eigenvalue weighted by Crippen LogP contribution is -2.26. The number of nitrogens with zero attached hydrogens (tertiary/aromatic N) is 1. The van der Waals surface area contributed by atoms with Crippen LogP contribution in [0.25, 0.3) is 0 Å². The lowest BCUT2D eigenvalue weighted by atomic mass is 10.1. The molecule has 3 nitrogen and oxygen atoms in total. The molecule has 0 aliphatic heterocycles. The number of benzene rings is 2. The van der Waals surface area contributed by atoms with Crippen LogP contribution in [0.15, 0.2) is 48.5 Å². The van der Waals surface area contributed by atoms with Crippen LogP contribution in [0, 0.1) is 0 Å². The van der Waals surface area contributed by atoms with Crippen LogP contribution in [-0.4, -0.2) is 36.7 Å². The Morgan fingerprint density at radius 3 is 2.62 bits per heavy atom. The molecular formula is C19H24Cl2N2O. The quantitative estimate of drug-likeness (QED) is 0.654. The van der Waals surface area contributed by atoms with Crippen LogP contribution < -0.4 is 5.32 Å². The summed E-state index contributed by atoms with van der Waals surface area (Å²) >= 11 is 12.0. The number of halogens is 2. The van der Waals surface area contributed by atoms with Crippen molar-refractivity contribution in [1.29, 1.82) is 0 Å². The third-order valence-electron chi connectivity index (χ3n) is 3.84. The molecule has 0 heterocycles. The maximum Gasteiger partial charge on any atom is 0.0929 e. The van der Waals surface area contributed by atoms with Crippen molar-refractivity contribution >= 4 is 23.2 Å². The van der Waals surface area contributed by atoms with Crippen molar-refractivity contribution in [3.05, 3.63) is 69.7 Å². The Kier molecular flexibility index (Phi) is 8.03. The fraction of sp³-hybridized carbons (Fsp3) is 0.368. The summed E-state index contributed by atoms with van der Waals surface area (Å²) < 4.78 is 0. The van der Waals surface area contributed by atoms with Crippen LogP contribution in [0.1, 0.15) is 23.7 Å². The predicted molar refractivity (Wildman–Crippen MR) is 102 cm³/mol. The van der Waals surface area contributed by atoms with Crippen LogP contribution in [0.5, 0.6) is 0 Å². The molecule has 0 bridgehead atoms. The van der Waals surface area contributed by atoms with Crippen LogP contribution in [0.2, 0.25) is 10.0 Å². The monoisotopic (exact) mass is 366 g/mol. The first-order valence-electron chi connectivity index (χ1n) is 8.12. The van der Waals surface area contributed by atoms with Gasteiger partial charge in [-0.2, -0.15) is 0 Å². The van der Waals surface area contributed by atoms with E-state index in [1.165, 1.54) is 5.56 Å². The molecule has 0 radical (unpaired) electrons. The minimum atomic E-state index is -0.654. The fourth-order valence-electron chi connectivity index (χ4n) is 2.57. The van der Waals surface area contributed by atoms with Gasteiger partial charge >= 0.3 is 0 Å². The van der Waals surface area contributed by atoms with E-state index < -0.39 is 6.10 Å². The number of nitrogens with one attached hydrogen (secondary N) is 1. The van der Waals surface area contributed by atoms with Crippen molar-refractivity contribution in [3.8, 4) is 0 Å². The molecule has 0 fully saturated rings. The predicted octanol–water partition coefficient (Wildman–Crippen LogP) is 4.14. The highest BCUT2D eigenvalue weighted by Gasteiger charge is 2.11. The van der Waals surface area contributed by atoms with E-state index in [-0.39, 0.29) is 0 Å². The summed E-state index contributed by atoms with van der Waals surface area (Å²) in [6.07, 6.45) is 0.359. The summed E-state index contributed by atoms with van der Waals surface area (Å²) in [5.41, 5.74) is 1.98. The zero-order valence-corrected chi connectivity index (χ0v) is 15.4. The zero-order valence-electron chi connectivity index (χ0n) is 13.9. The molecule has 0 saturated heterocycles. The lowest BCUT2D eigenvalue weighted by molar-refractivity contribution is 0.174. The third-order valence-corrected chi connectivity index (χ3v) is 4.42. The average molecular weight is 367 g/mol. The summed E-state index contributed by atoms with van der Waals surface area (Å²) in [7, 11) is 2.12. The van der Waals surface area contributed by atoms with Gasteiger partial charge < -0.3 is 15.3 Å². The number of aliphatic hydroxyl groups is 1. The third kappa shape index (κ3) is 6.42. The zero-order chi connectivity index (χ0) is 17.4. The van der Waals surface area contributed by atoms with Gasteiger partial charge in [-0.15, -0.1) is 0 Å². The first kappa shape index (κ1) is 19.2. The van der Waals surface area contributed by atoms with Crippen molar-refractivity contribution < 1.29 is 5.11 Å². The molecule has 0 aliphatic rings. The van der Waals surface area contributed by atoms with Crippen molar-refractivity contribution in [3.63, 3.8) is 0 Å². The molecule has 0 saturated carbocycles. The Morgan fingerprint density at radius 2 is 1.88 bits per heavy atom. The standard InChI is InChI=1S/C19H24Cl2N2O/c1-23(14-15-6-3-2-4-7-15)11-5-10-22-13-19(24)17-12-16(20)8-9-18(17)21/h2-4,6-9,12,19,22,24H,5,10-11,13-14H2,1H3. The Labute approximate surface area is 154 Å². The van der Waals surface area contributed by atoms with Crippen LogP contribution in [-0.2, 0) is 6.54 Å². The summed E-state index contributed by atoms with van der Waals surface area (Å²) in [6, 6.07) is 15.6. The largest absolute Gasteiger partial charge is 0.387 e. The average Bonchev–Trinajstić information content (AvgIpc) is 2.57. The van der Waals surface area contributed by atoms with E-state index in [2.05, 4.69) is 41.5 Å². The van der Waals surface area contributed by atoms with Gasteiger partial charge in [0.15, 0.2) is 0 Å². The van der Waals surface area contributed by atoms with Crippen molar-refractivity contribution in [2.24, 2.45) is 0 Å². The molecule has 1 atom stereocenters. The van der Waals surface area contributed by atoms with Gasteiger partial charge in [-0.25, -0.2) is 0 Å². The molecule has 5 heteroatoms. The Hall–Kier alpha value is -1.10. The minimum absolute atomic E-state index is 0.461. The molecule has 130 valence electrons. The van der Waals surface area contributed by atoms with Gasteiger partial charge in [-0.05, 0) is 50.3 Å². The second kappa shape index (κ2) is 10.0. The highest BCUT2D eigenvalue weighted by Crippen LogP contribution is 2.25. The van der Waals surface area contributed by atoms with Gasteiger partial charge in [0.2, 0.25) is 0 Å². The molecule has 0 aromatic heterocycles. The SMILES string of the molecule is CN(CCCNCC(O)c1cc(Cl)ccc1Cl)Cc1ccccc1. The summed E-state index contributed by atoms with van der Waals surface area (Å²) in [5, 5.41) is 14.6. The Morgan fingerprint density at radius 1 is 1.12 bits per heavy atom. The molecule has 24 heavy (non-hydrogen) atoms. The highest BCUT2D eigenvalue weighted by atomic mass is 35.5. The van der Waals surface area contributed by atoms with Gasteiger partial charge in [0, 0.05) is 28.7 Å². The van der Waals surface area contributed by atoms with Crippen molar-refractivity contribution in [1.82, 2.24) is 10.2 Å². The van der Waals surface area contributed by atoms with Crippen molar-refractivity contribution in [2.45, 2.75) is 19.1 Å². The maximum absolute atomic E-state index is 10.2. The van der Waals surface area contributed by atoms with Gasteiger partial charge in [0.1, 0.15) is 0 Å². The van der Waals surface area contributed by atoms with Crippen LogP contribution >= 0.6 is 23.2 Å². The second-order valence-corrected chi connectivity index (χ2v) is 6.81. The van der Waals surface area contributed by atoms with Crippen molar-refractivity contribution in [2.75, 3.05) is 26.7 Å². The Bertz CT molecular complexity index is 622. The second-order valence-electron chi connectivity index (χ2n) is 5.96. The molecule has 2 aromatic rings. The van der Waals surface area contributed by atoms with E-state index in [4.69, 9.17) is 23.2 Å². The number of aliphatic hydroxyl groups excluding tert-OH is 1. The first-order chi connectivity index (χ1) is 11.6. The molecule has 2 N–H and O–H groups in total. The Balaban J connectivity index is 1.65. The number of hydrogen-bond donors (Lipinski definition) is 2. The molecule has 2 rings (SSSR count). The first-order valence-corrected chi connectivity index (χ1v) is 8.88. The van der Waals surface area contributed by atoms with E-state index in [0.717, 1.165) is 26.1 Å². The van der Waals surface area contributed by atoms with Crippen LogP contribution in [0.4, 0.5) is 0 Å². The molecule has 2 aromatic carbocycles. The lowest BCUT2D eigenvalue weighted by Gasteiger charge is -2.18. The molecule has 0 spiro atoms. The topological polar surface area (TPSA) is 35.5 Å². The normalized spacial score (nSPS) is 12.5. The van der Waals surface area contributed by atoms with Gasteiger partial charge in [0.25, 0.3) is 0 Å². The molecule has 1 unspecified atom stereocenters. The van der Waals surface area contributed by atoms with E-state index in [1.54, 1.807) is 18.2 Å². The summed E-state index contributed by atoms with van der Waals surface area (Å²) in [5.74, 6) is 0. The minimum Gasteiger partial charge on any atom is -0.387 e. The highest BCUT2D eigenvalue weighted by molar-refractivity contribution is 6.33. The van der Waals surface area contributed by atoms with Crippen LogP contribution in [0.3, 0.4) is 0 Å². The number of rotatable bonds is 9. The fourth-order valence-corrected chi connectivity index (χ4v) is 2.99. The van der Waals surface area contributed by atoms with Gasteiger partial charge in [0.05, 0.1) is 6.10 Å². The number of hydrogen-bond acceptors (Lipinski definition) is 3. The molecule has 0 aliphatic carbocycles. The van der Waals surface area contributed by atoms with E-state index in [1.807, 2.05) is 6.07 Å². The van der Waals surface area contributed by atoms with E-state index >= 15 is 0 Å². The van der Waals surface area contributed by atoms with Gasteiger partial charge in [-0.1, -0.05) is 53.5 Å².